The van der Waals surface area contributed by atoms with Gasteiger partial charge < -0.3 is 18.8 Å². The first kappa shape index (κ1) is 26.1. The van der Waals surface area contributed by atoms with Crippen LogP contribution in [0.3, 0.4) is 0 Å². The highest BCUT2D eigenvalue weighted by molar-refractivity contribution is 6.28. The second-order valence-electron chi connectivity index (χ2n) is 10.5. The molecule has 0 N–H and O–H groups in total. The fourth-order valence-electron chi connectivity index (χ4n) is 5.30. The Morgan fingerprint density at radius 1 is 1.05 bits per heavy atom. The lowest BCUT2D eigenvalue weighted by Gasteiger charge is -2.36. The van der Waals surface area contributed by atoms with Crippen LogP contribution in [-0.2, 0) is 26.9 Å². The molecule has 2 unspecified atom stereocenters. The van der Waals surface area contributed by atoms with E-state index in [1.54, 1.807) is 11.6 Å². The molecule has 0 amide bonds. The normalized spacial score (nSPS) is 19.2. The molecule has 0 spiro atoms. The Labute approximate surface area is 232 Å². The van der Waals surface area contributed by atoms with Crippen LogP contribution in [-0.4, -0.2) is 40.1 Å². The number of benzene rings is 2. The predicted octanol–water partition coefficient (Wildman–Crippen LogP) is 5.92. The number of aromatic nitrogens is 3. The summed E-state index contributed by atoms with van der Waals surface area (Å²) >= 11 is 6.55. The van der Waals surface area contributed by atoms with Crippen LogP contribution in [0.25, 0.3) is 22.0 Å². The topological polar surface area (TPSA) is 75.5 Å². The molecule has 0 bridgehead atoms. The first-order valence-corrected chi connectivity index (χ1v) is 13.9. The number of halogens is 1. The van der Waals surface area contributed by atoms with Gasteiger partial charge >= 0.3 is 0 Å². The van der Waals surface area contributed by atoms with E-state index < -0.39 is 5.60 Å². The van der Waals surface area contributed by atoms with Crippen LogP contribution in [0.15, 0.2) is 65.6 Å². The van der Waals surface area contributed by atoms with E-state index >= 15 is 0 Å². The van der Waals surface area contributed by atoms with Crippen molar-refractivity contribution in [3.63, 3.8) is 0 Å². The molecule has 2 aromatic carbocycles. The molecule has 2 fully saturated rings. The van der Waals surface area contributed by atoms with Gasteiger partial charge in [-0.3, -0.25) is 4.79 Å². The van der Waals surface area contributed by atoms with Crippen molar-refractivity contribution < 1.29 is 14.2 Å². The number of rotatable bonds is 8. The molecule has 0 radical (unpaired) electrons. The maximum Gasteiger partial charge on any atom is 0.253 e. The number of hydrogen-bond acceptors (Lipinski definition) is 6. The van der Waals surface area contributed by atoms with Crippen molar-refractivity contribution in [3.05, 3.63) is 93.3 Å². The van der Waals surface area contributed by atoms with E-state index in [0.29, 0.717) is 23.4 Å². The minimum atomic E-state index is -1.02. The number of fused-ring (bicyclic) bond motifs is 1. The summed E-state index contributed by atoms with van der Waals surface area (Å²) in [4.78, 5) is 21.7. The Bertz CT molecular complexity index is 1520. The van der Waals surface area contributed by atoms with Crippen molar-refractivity contribution in [1.29, 1.82) is 0 Å². The minimum absolute atomic E-state index is 0.0154. The first-order chi connectivity index (χ1) is 18.9. The van der Waals surface area contributed by atoms with Crippen molar-refractivity contribution in [3.8, 4) is 11.1 Å². The highest BCUT2D eigenvalue weighted by Gasteiger charge is 2.45. The quantitative estimate of drug-likeness (QED) is 0.256. The maximum absolute atomic E-state index is 12.3. The van der Waals surface area contributed by atoms with Crippen molar-refractivity contribution in [2.75, 3.05) is 13.2 Å². The molecule has 8 heteroatoms. The zero-order valence-corrected chi connectivity index (χ0v) is 23.0. The van der Waals surface area contributed by atoms with Gasteiger partial charge in [0.2, 0.25) is 5.28 Å². The average molecular weight is 546 g/mol. The molecule has 2 aromatic heterocycles. The number of pyridine rings is 1. The third kappa shape index (κ3) is 5.37. The van der Waals surface area contributed by atoms with Gasteiger partial charge in [-0.05, 0) is 85.5 Å². The lowest BCUT2D eigenvalue weighted by atomic mass is 9.87. The number of aryl methyl sites for hydroxylation is 2. The van der Waals surface area contributed by atoms with Gasteiger partial charge in [0.05, 0.1) is 23.9 Å². The van der Waals surface area contributed by atoms with Crippen LogP contribution in [0.1, 0.15) is 48.9 Å². The predicted molar refractivity (Wildman–Crippen MR) is 151 cm³/mol. The van der Waals surface area contributed by atoms with Crippen LogP contribution in [0.5, 0.6) is 0 Å². The van der Waals surface area contributed by atoms with E-state index in [1.165, 1.54) is 0 Å². The molecule has 1 saturated carbocycles. The standard InChI is InChI=1S/C31H32ClN3O4/c1-20-16-22(18-35(2)29(20)36)21-11-14-26-25(17-21)28(34-30(32)33-26)31(39-24-12-13-24,23-8-4-3-5-9-23)19-38-27-10-6-7-15-37-27/h3-5,8-9,11,14,16-18,24,27H,6-7,10,12-13,15,19H2,1-2H3. The third-order valence-corrected chi connectivity index (χ3v) is 7.66. The number of ether oxygens (including phenoxy) is 3. The fourth-order valence-corrected chi connectivity index (χ4v) is 5.48. The van der Waals surface area contributed by atoms with Crippen molar-refractivity contribution >= 4 is 22.5 Å². The Morgan fingerprint density at radius 3 is 2.59 bits per heavy atom. The maximum atomic E-state index is 12.3. The molecule has 39 heavy (non-hydrogen) atoms. The molecule has 1 aliphatic carbocycles. The van der Waals surface area contributed by atoms with Crippen LogP contribution < -0.4 is 5.56 Å². The van der Waals surface area contributed by atoms with E-state index in [0.717, 1.165) is 54.2 Å². The SMILES string of the molecule is Cc1cc(-c2ccc3nc(Cl)nc(C(COC4CCCCO4)(OC4CC4)c4ccccc4)c3c2)cn(C)c1=O. The van der Waals surface area contributed by atoms with Crippen molar-refractivity contribution in [2.24, 2.45) is 7.05 Å². The second kappa shape index (κ2) is 10.8. The van der Waals surface area contributed by atoms with Crippen LogP contribution in [0.2, 0.25) is 5.28 Å². The molecular weight excluding hydrogens is 514 g/mol. The summed E-state index contributed by atoms with van der Waals surface area (Å²) < 4.78 is 20.9. The van der Waals surface area contributed by atoms with E-state index in [9.17, 15) is 4.79 Å². The Balaban J connectivity index is 1.54. The first-order valence-electron chi connectivity index (χ1n) is 13.5. The van der Waals surface area contributed by atoms with Gasteiger partial charge in [-0.2, -0.15) is 0 Å². The summed E-state index contributed by atoms with van der Waals surface area (Å²) in [7, 11) is 1.77. The average Bonchev–Trinajstić information content (AvgIpc) is 3.78. The summed E-state index contributed by atoms with van der Waals surface area (Å²) in [6.45, 7) is 2.75. The largest absolute Gasteiger partial charge is 0.358 e. The van der Waals surface area contributed by atoms with Crippen LogP contribution in [0.4, 0.5) is 0 Å². The fraction of sp³-hybridized carbons (Fsp3) is 0.387. The molecular formula is C31H32ClN3O4. The smallest absolute Gasteiger partial charge is 0.253 e. The lowest BCUT2D eigenvalue weighted by Crippen LogP contribution is -2.41. The molecule has 4 aromatic rings. The van der Waals surface area contributed by atoms with Gasteiger partial charge in [0.15, 0.2) is 11.9 Å². The molecule has 2 aliphatic rings. The summed E-state index contributed by atoms with van der Waals surface area (Å²) in [5.41, 5.74) is 3.83. The second-order valence-corrected chi connectivity index (χ2v) is 10.9. The Kier molecular flexibility index (Phi) is 7.25. The molecule has 1 aliphatic heterocycles. The van der Waals surface area contributed by atoms with Crippen LogP contribution in [0, 0.1) is 6.92 Å². The summed E-state index contributed by atoms with van der Waals surface area (Å²) in [5, 5.41) is 0.970. The van der Waals surface area contributed by atoms with Crippen molar-refractivity contribution in [1.82, 2.24) is 14.5 Å². The van der Waals surface area contributed by atoms with E-state index in [4.69, 9.17) is 30.8 Å². The monoisotopic (exact) mass is 545 g/mol. The number of hydrogen-bond donors (Lipinski definition) is 0. The highest BCUT2D eigenvalue weighted by Crippen LogP contribution is 2.43. The van der Waals surface area contributed by atoms with Crippen molar-refractivity contribution in [2.45, 2.75) is 57.0 Å². The van der Waals surface area contributed by atoms with Gasteiger partial charge in [0, 0.05) is 30.8 Å². The van der Waals surface area contributed by atoms with Gasteiger partial charge in [-0.1, -0.05) is 36.4 Å². The lowest BCUT2D eigenvalue weighted by molar-refractivity contribution is -0.197. The van der Waals surface area contributed by atoms with E-state index in [1.807, 2.05) is 49.5 Å². The zero-order chi connectivity index (χ0) is 27.0. The Hall–Kier alpha value is -3.10. The summed E-state index contributed by atoms with van der Waals surface area (Å²) in [6, 6.07) is 18.0. The Morgan fingerprint density at radius 2 is 1.87 bits per heavy atom. The van der Waals surface area contributed by atoms with E-state index in [-0.39, 0.29) is 29.8 Å². The molecule has 7 nitrogen and oxygen atoms in total. The van der Waals surface area contributed by atoms with Gasteiger partial charge in [0.1, 0.15) is 0 Å². The third-order valence-electron chi connectivity index (χ3n) is 7.49. The highest BCUT2D eigenvalue weighted by atomic mass is 35.5. The van der Waals surface area contributed by atoms with Gasteiger partial charge in [-0.15, -0.1) is 0 Å². The molecule has 1 saturated heterocycles. The number of nitrogens with zero attached hydrogens (tertiary/aromatic N) is 3. The van der Waals surface area contributed by atoms with Gasteiger partial charge in [0.25, 0.3) is 5.56 Å². The molecule has 202 valence electrons. The molecule has 3 heterocycles. The summed E-state index contributed by atoms with van der Waals surface area (Å²) in [5.74, 6) is 0. The van der Waals surface area contributed by atoms with Gasteiger partial charge in [-0.25, -0.2) is 9.97 Å². The minimum Gasteiger partial charge on any atom is -0.358 e. The summed E-state index contributed by atoms with van der Waals surface area (Å²) in [6.07, 6.45) is 6.56. The van der Waals surface area contributed by atoms with E-state index in [2.05, 4.69) is 23.2 Å². The molecule has 6 rings (SSSR count). The molecule has 2 atom stereocenters. The zero-order valence-electron chi connectivity index (χ0n) is 22.2. The van der Waals surface area contributed by atoms with Crippen LogP contribution >= 0.6 is 11.6 Å².